The molecule has 5 heteroatoms. The monoisotopic (exact) mass is 294 g/mol. The van der Waals surface area contributed by atoms with Gasteiger partial charge in [0.1, 0.15) is 11.4 Å². The molecule has 21 heavy (non-hydrogen) atoms. The van der Waals surface area contributed by atoms with Crippen molar-refractivity contribution in [1.82, 2.24) is 10.2 Å². The summed E-state index contributed by atoms with van der Waals surface area (Å²) in [4.78, 5) is 13.6. The molecule has 0 aromatic heterocycles. The molecule has 1 N–H and O–H groups in total. The second-order valence-electron chi connectivity index (χ2n) is 6.88. The van der Waals surface area contributed by atoms with E-state index in [2.05, 4.69) is 12.2 Å². The van der Waals surface area contributed by atoms with Gasteiger partial charge in [-0.3, -0.25) is 0 Å². The van der Waals surface area contributed by atoms with Gasteiger partial charge in [-0.1, -0.05) is 12.1 Å². The fourth-order valence-electron chi connectivity index (χ4n) is 2.28. The Hall–Kier alpha value is -1.62. The quantitative estimate of drug-likeness (QED) is 0.932. The zero-order chi connectivity index (χ0) is 15.7. The van der Waals surface area contributed by atoms with E-state index in [1.54, 1.807) is 17.0 Å². The van der Waals surface area contributed by atoms with Gasteiger partial charge in [0.05, 0.1) is 5.54 Å². The molecule has 1 fully saturated rings. The van der Waals surface area contributed by atoms with E-state index < -0.39 is 5.60 Å². The first kappa shape index (κ1) is 15.8. The van der Waals surface area contributed by atoms with Crippen LogP contribution in [0.1, 0.15) is 33.3 Å². The number of hydrogen-bond acceptors (Lipinski definition) is 3. The molecule has 1 amide bonds. The molecule has 0 aliphatic carbocycles. The van der Waals surface area contributed by atoms with E-state index >= 15 is 0 Å². The van der Waals surface area contributed by atoms with Gasteiger partial charge < -0.3 is 15.0 Å². The maximum Gasteiger partial charge on any atom is 0.410 e. The molecule has 0 bridgehead atoms. The van der Waals surface area contributed by atoms with Crippen LogP contribution >= 0.6 is 0 Å². The first-order chi connectivity index (χ1) is 9.67. The molecule has 1 aromatic carbocycles. The Morgan fingerprint density at radius 2 is 1.90 bits per heavy atom. The predicted molar refractivity (Wildman–Crippen MR) is 79.5 cm³/mol. The molecule has 4 nitrogen and oxygen atoms in total. The smallest absolute Gasteiger partial charge is 0.410 e. The lowest BCUT2D eigenvalue weighted by molar-refractivity contribution is -0.0126. The number of hydrogen-bond donors (Lipinski definition) is 1. The molecular formula is C16H23FN2O2. The first-order valence-electron chi connectivity index (χ1n) is 7.14. The third-order valence-electron chi connectivity index (χ3n) is 3.36. The number of benzene rings is 1. The lowest BCUT2D eigenvalue weighted by Crippen LogP contribution is -2.68. The van der Waals surface area contributed by atoms with Crippen LogP contribution in [0.5, 0.6) is 0 Å². The molecule has 0 spiro atoms. The Labute approximate surface area is 125 Å². The molecule has 1 aliphatic rings. The number of nitrogens with one attached hydrogen (secondary N) is 1. The summed E-state index contributed by atoms with van der Waals surface area (Å²) in [6.07, 6.45) is -0.274. The number of amides is 1. The largest absolute Gasteiger partial charge is 0.444 e. The molecular weight excluding hydrogens is 271 g/mol. The molecule has 0 saturated carbocycles. The molecule has 116 valence electrons. The number of nitrogens with zero attached hydrogens (tertiary/aromatic N) is 1. The molecule has 1 aliphatic heterocycles. The minimum Gasteiger partial charge on any atom is -0.444 e. The first-order valence-corrected chi connectivity index (χ1v) is 7.14. The zero-order valence-electron chi connectivity index (χ0n) is 13.1. The van der Waals surface area contributed by atoms with Crippen molar-refractivity contribution in [1.29, 1.82) is 0 Å². The van der Waals surface area contributed by atoms with Crippen LogP contribution in [-0.2, 0) is 11.3 Å². The highest BCUT2D eigenvalue weighted by Crippen LogP contribution is 2.23. The second kappa shape index (κ2) is 5.64. The minimum atomic E-state index is -0.468. The molecule has 1 heterocycles. The highest BCUT2D eigenvalue weighted by atomic mass is 19.1. The van der Waals surface area contributed by atoms with Crippen LogP contribution in [0.25, 0.3) is 0 Å². The lowest BCUT2D eigenvalue weighted by Gasteiger charge is -2.48. The van der Waals surface area contributed by atoms with Crippen LogP contribution in [0.15, 0.2) is 24.3 Å². The van der Waals surface area contributed by atoms with Crippen molar-refractivity contribution in [3.8, 4) is 0 Å². The Morgan fingerprint density at radius 1 is 1.33 bits per heavy atom. The van der Waals surface area contributed by atoms with E-state index in [9.17, 15) is 9.18 Å². The Balaban J connectivity index is 1.79. The predicted octanol–water partition coefficient (Wildman–Crippen LogP) is 2.92. The van der Waals surface area contributed by atoms with Crippen molar-refractivity contribution in [3.05, 3.63) is 35.6 Å². The number of carbonyl (C=O) groups excluding carboxylic acids is 1. The SMILES string of the molecule is CC1(NCc2ccc(F)cc2)CN(C(=O)OC(C)(C)C)C1. The maximum absolute atomic E-state index is 12.8. The third-order valence-corrected chi connectivity index (χ3v) is 3.36. The standard InChI is InChI=1S/C16H23FN2O2/c1-15(2,3)21-14(20)19-10-16(4,11-19)18-9-12-5-7-13(17)8-6-12/h5-8,18H,9-11H2,1-4H3. The van der Waals surface area contributed by atoms with Gasteiger partial charge in [-0.15, -0.1) is 0 Å². The van der Waals surface area contributed by atoms with E-state index in [0.717, 1.165) is 5.56 Å². The van der Waals surface area contributed by atoms with Gasteiger partial charge in [0.2, 0.25) is 0 Å². The van der Waals surface area contributed by atoms with E-state index in [0.29, 0.717) is 19.6 Å². The average Bonchev–Trinajstić information content (AvgIpc) is 2.32. The van der Waals surface area contributed by atoms with Crippen molar-refractivity contribution >= 4 is 6.09 Å². The van der Waals surface area contributed by atoms with Gasteiger partial charge in [0.25, 0.3) is 0 Å². The topological polar surface area (TPSA) is 41.6 Å². The number of carbonyl (C=O) groups is 1. The van der Waals surface area contributed by atoms with Gasteiger partial charge in [-0.2, -0.15) is 0 Å². The van der Waals surface area contributed by atoms with E-state index in [1.807, 2.05) is 20.8 Å². The summed E-state index contributed by atoms with van der Waals surface area (Å²) in [5.74, 6) is -0.232. The summed E-state index contributed by atoms with van der Waals surface area (Å²) in [5.41, 5.74) is 0.434. The van der Waals surface area contributed by atoms with Crippen molar-refractivity contribution in [2.45, 2.75) is 45.4 Å². The fourth-order valence-corrected chi connectivity index (χ4v) is 2.28. The van der Waals surface area contributed by atoms with E-state index in [1.165, 1.54) is 12.1 Å². The highest BCUT2D eigenvalue weighted by Gasteiger charge is 2.42. The fraction of sp³-hybridized carbons (Fsp3) is 0.562. The molecule has 0 atom stereocenters. The normalized spacial score (nSPS) is 17.3. The highest BCUT2D eigenvalue weighted by molar-refractivity contribution is 5.69. The minimum absolute atomic E-state index is 0.120. The summed E-state index contributed by atoms with van der Waals surface area (Å²) in [6.45, 7) is 9.52. The van der Waals surface area contributed by atoms with Crippen LogP contribution in [0, 0.1) is 5.82 Å². The maximum atomic E-state index is 12.8. The Bertz CT molecular complexity index is 502. The Morgan fingerprint density at radius 3 is 2.43 bits per heavy atom. The van der Waals surface area contributed by atoms with Crippen molar-refractivity contribution in [2.75, 3.05) is 13.1 Å². The average molecular weight is 294 g/mol. The van der Waals surface area contributed by atoms with Gasteiger partial charge in [0, 0.05) is 19.6 Å². The van der Waals surface area contributed by atoms with Crippen molar-refractivity contribution < 1.29 is 13.9 Å². The van der Waals surface area contributed by atoms with E-state index in [-0.39, 0.29) is 17.4 Å². The van der Waals surface area contributed by atoms with Gasteiger partial charge in [-0.05, 0) is 45.4 Å². The molecule has 0 radical (unpaired) electrons. The number of ether oxygens (including phenoxy) is 1. The van der Waals surface area contributed by atoms with Crippen LogP contribution in [0.4, 0.5) is 9.18 Å². The molecule has 2 rings (SSSR count). The van der Waals surface area contributed by atoms with Gasteiger partial charge in [-0.25, -0.2) is 9.18 Å². The van der Waals surface area contributed by atoms with E-state index in [4.69, 9.17) is 4.74 Å². The van der Waals surface area contributed by atoms with Crippen LogP contribution in [0.3, 0.4) is 0 Å². The third kappa shape index (κ3) is 4.43. The summed E-state index contributed by atoms with van der Waals surface area (Å²) in [7, 11) is 0. The van der Waals surface area contributed by atoms with Crippen LogP contribution < -0.4 is 5.32 Å². The van der Waals surface area contributed by atoms with Crippen LogP contribution in [0.2, 0.25) is 0 Å². The number of likely N-dealkylation sites (tertiary alicyclic amines) is 1. The summed E-state index contributed by atoms with van der Waals surface area (Å²) in [5, 5.41) is 3.41. The summed E-state index contributed by atoms with van der Waals surface area (Å²) >= 11 is 0. The number of rotatable bonds is 3. The van der Waals surface area contributed by atoms with Crippen molar-refractivity contribution in [2.24, 2.45) is 0 Å². The Kier molecular flexibility index (Phi) is 4.23. The zero-order valence-corrected chi connectivity index (χ0v) is 13.1. The second-order valence-corrected chi connectivity index (χ2v) is 6.88. The number of halogens is 1. The summed E-state index contributed by atoms with van der Waals surface area (Å²) in [6, 6.07) is 6.42. The van der Waals surface area contributed by atoms with Crippen LogP contribution in [-0.4, -0.2) is 35.2 Å². The van der Waals surface area contributed by atoms with Crippen molar-refractivity contribution in [3.63, 3.8) is 0 Å². The lowest BCUT2D eigenvalue weighted by atomic mass is 9.92. The van der Waals surface area contributed by atoms with Gasteiger partial charge >= 0.3 is 6.09 Å². The molecule has 1 aromatic rings. The van der Waals surface area contributed by atoms with Gasteiger partial charge in [0.15, 0.2) is 0 Å². The summed E-state index contributed by atoms with van der Waals surface area (Å²) < 4.78 is 18.2. The molecule has 0 unspecified atom stereocenters. The molecule has 1 saturated heterocycles.